The lowest BCUT2D eigenvalue weighted by Crippen LogP contribution is -2.35. The van der Waals surface area contributed by atoms with E-state index in [1.54, 1.807) is 0 Å². The molecule has 3 rings (SSSR count). The highest BCUT2D eigenvalue weighted by Gasteiger charge is 2.35. The van der Waals surface area contributed by atoms with Crippen molar-refractivity contribution in [3.8, 4) is 0 Å². The molecular weight excluding hydrogens is 340 g/mol. The van der Waals surface area contributed by atoms with Gasteiger partial charge in [-0.2, -0.15) is 0 Å². The molecule has 0 saturated carbocycles. The summed E-state index contributed by atoms with van der Waals surface area (Å²) >= 11 is 0. The molecule has 1 unspecified atom stereocenters. The summed E-state index contributed by atoms with van der Waals surface area (Å²) in [5, 5.41) is 29.3. The summed E-state index contributed by atoms with van der Waals surface area (Å²) in [5.41, 5.74) is -0.0286. The number of ether oxygens (including phenoxy) is 1. The zero-order valence-electron chi connectivity index (χ0n) is 14.1. The fraction of sp³-hybridized carbons (Fsp3) is 0.444. The summed E-state index contributed by atoms with van der Waals surface area (Å²) in [6, 6.07) is 9.39. The molecule has 8 heteroatoms. The minimum absolute atomic E-state index is 0.0726. The molecule has 1 aliphatic rings. The average molecular weight is 362 g/mol. The summed E-state index contributed by atoms with van der Waals surface area (Å²) in [4.78, 5) is 26.4. The molecule has 140 valence electrons. The summed E-state index contributed by atoms with van der Waals surface area (Å²) < 4.78 is 6.65. The van der Waals surface area contributed by atoms with Crippen molar-refractivity contribution in [3.05, 3.63) is 68.5 Å². The van der Waals surface area contributed by atoms with E-state index in [-0.39, 0.29) is 25.0 Å². The van der Waals surface area contributed by atoms with Crippen molar-refractivity contribution < 1.29 is 20.1 Å². The first-order chi connectivity index (χ1) is 12.5. The second-order valence-electron chi connectivity index (χ2n) is 6.48. The molecule has 0 spiro atoms. The van der Waals surface area contributed by atoms with E-state index in [0.29, 0.717) is 6.42 Å². The van der Waals surface area contributed by atoms with E-state index in [2.05, 4.69) is 4.98 Å². The highest BCUT2D eigenvalue weighted by atomic mass is 16.5. The van der Waals surface area contributed by atoms with Gasteiger partial charge < -0.3 is 20.1 Å². The van der Waals surface area contributed by atoms with Crippen molar-refractivity contribution in [2.75, 3.05) is 6.61 Å². The molecule has 4 atom stereocenters. The number of nitrogens with one attached hydrogen (secondary N) is 1. The quantitative estimate of drug-likeness (QED) is 0.540. The monoisotopic (exact) mass is 362 g/mol. The summed E-state index contributed by atoms with van der Waals surface area (Å²) in [5.74, 6) is 0. The number of hydrogen-bond donors (Lipinski definition) is 4. The van der Waals surface area contributed by atoms with Crippen molar-refractivity contribution in [1.82, 2.24) is 9.55 Å². The number of rotatable bonds is 6. The van der Waals surface area contributed by atoms with Gasteiger partial charge >= 0.3 is 5.69 Å². The minimum Gasteiger partial charge on any atom is -0.394 e. The molecule has 26 heavy (non-hydrogen) atoms. The molecule has 2 aromatic rings. The van der Waals surface area contributed by atoms with Gasteiger partial charge in [0.25, 0.3) is 5.56 Å². The molecule has 0 bridgehead atoms. The Balaban J connectivity index is 1.78. The number of benzene rings is 1. The fourth-order valence-electron chi connectivity index (χ4n) is 3.15. The number of nitrogens with zero attached hydrogens (tertiary/aromatic N) is 1. The molecule has 8 nitrogen and oxygen atoms in total. The minimum atomic E-state index is -0.893. The topological polar surface area (TPSA) is 125 Å². The second-order valence-corrected chi connectivity index (χ2v) is 6.48. The maximum Gasteiger partial charge on any atom is 0.330 e. The SMILES string of the molecule is O=c1[nH]c(=O)n([C@H]2C[C@H](O)[C@@H](CO)O2)cc1CC(O)Cc1ccccc1. The third kappa shape index (κ3) is 4.10. The lowest BCUT2D eigenvalue weighted by Gasteiger charge is -2.16. The van der Waals surface area contributed by atoms with Gasteiger partial charge in [0, 0.05) is 24.6 Å². The van der Waals surface area contributed by atoms with Crippen LogP contribution in [-0.2, 0) is 17.6 Å². The molecular formula is C18H22N2O6. The Hall–Kier alpha value is -2.26. The predicted octanol–water partition coefficient (Wildman–Crippen LogP) is -0.677. The summed E-state index contributed by atoms with van der Waals surface area (Å²) in [6.07, 6.45) is -1.30. The molecule has 2 heterocycles. The van der Waals surface area contributed by atoms with E-state index >= 15 is 0 Å². The molecule has 1 aromatic heterocycles. The zero-order valence-corrected chi connectivity index (χ0v) is 14.1. The summed E-state index contributed by atoms with van der Waals surface area (Å²) in [7, 11) is 0. The smallest absolute Gasteiger partial charge is 0.330 e. The van der Waals surface area contributed by atoms with Crippen LogP contribution < -0.4 is 11.2 Å². The molecule has 0 amide bonds. The molecule has 1 aliphatic heterocycles. The number of aromatic nitrogens is 2. The van der Waals surface area contributed by atoms with E-state index in [4.69, 9.17) is 9.84 Å². The summed E-state index contributed by atoms with van der Waals surface area (Å²) in [6.45, 7) is -0.363. The first kappa shape index (κ1) is 18.5. The molecule has 0 aliphatic carbocycles. The largest absolute Gasteiger partial charge is 0.394 e. The van der Waals surface area contributed by atoms with Crippen LogP contribution in [0.3, 0.4) is 0 Å². The van der Waals surface area contributed by atoms with Gasteiger partial charge in [0.05, 0.1) is 18.8 Å². The highest BCUT2D eigenvalue weighted by Crippen LogP contribution is 2.27. The van der Waals surface area contributed by atoms with Gasteiger partial charge in [-0.1, -0.05) is 30.3 Å². The molecule has 1 fully saturated rings. The van der Waals surface area contributed by atoms with Crippen LogP contribution in [0.2, 0.25) is 0 Å². The Bertz CT molecular complexity index is 847. The number of aliphatic hydroxyl groups excluding tert-OH is 3. The fourth-order valence-corrected chi connectivity index (χ4v) is 3.15. The van der Waals surface area contributed by atoms with Gasteiger partial charge in [-0.25, -0.2) is 4.79 Å². The van der Waals surface area contributed by atoms with Crippen LogP contribution in [0.5, 0.6) is 0 Å². The van der Waals surface area contributed by atoms with Crippen LogP contribution in [0.4, 0.5) is 0 Å². The maximum atomic E-state index is 12.1. The molecule has 1 aromatic carbocycles. The van der Waals surface area contributed by atoms with Crippen molar-refractivity contribution in [2.24, 2.45) is 0 Å². The van der Waals surface area contributed by atoms with Crippen LogP contribution in [-0.4, -0.2) is 49.8 Å². The van der Waals surface area contributed by atoms with Crippen molar-refractivity contribution in [2.45, 2.75) is 43.8 Å². The lowest BCUT2D eigenvalue weighted by atomic mass is 10.0. The Morgan fingerprint density at radius 1 is 1.23 bits per heavy atom. The third-order valence-electron chi connectivity index (χ3n) is 4.51. The van der Waals surface area contributed by atoms with Gasteiger partial charge in [0.2, 0.25) is 0 Å². The molecule has 1 saturated heterocycles. The van der Waals surface area contributed by atoms with Crippen molar-refractivity contribution >= 4 is 0 Å². The van der Waals surface area contributed by atoms with Crippen molar-refractivity contribution in [3.63, 3.8) is 0 Å². The van der Waals surface area contributed by atoms with Crippen LogP contribution in [0, 0.1) is 0 Å². The first-order valence-electron chi connectivity index (χ1n) is 8.48. The number of hydrogen-bond acceptors (Lipinski definition) is 6. The highest BCUT2D eigenvalue weighted by molar-refractivity contribution is 5.16. The lowest BCUT2D eigenvalue weighted by molar-refractivity contribution is -0.0460. The van der Waals surface area contributed by atoms with Crippen LogP contribution in [0.15, 0.2) is 46.1 Å². The van der Waals surface area contributed by atoms with E-state index in [1.807, 2.05) is 30.3 Å². The Morgan fingerprint density at radius 2 is 1.96 bits per heavy atom. The van der Waals surface area contributed by atoms with E-state index < -0.39 is 35.8 Å². The van der Waals surface area contributed by atoms with Gasteiger partial charge in [0.1, 0.15) is 12.3 Å². The Kier molecular flexibility index (Phi) is 5.67. The van der Waals surface area contributed by atoms with Gasteiger partial charge in [0.15, 0.2) is 0 Å². The predicted molar refractivity (Wildman–Crippen MR) is 92.8 cm³/mol. The average Bonchev–Trinajstić information content (AvgIpc) is 2.98. The van der Waals surface area contributed by atoms with Gasteiger partial charge in [-0.3, -0.25) is 14.3 Å². The number of H-pyrrole nitrogens is 1. The molecule has 4 N–H and O–H groups in total. The number of aliphatic hydroxyl groups is 3. The van der Waals surface area contributed by atoms with E-state index in [1.165, 1.54) is 10.8 Å². The van der Waals surface area contributed by atoms with E-state index in [0.717, 1.165) is 5.56 Å². The van der Waals surface area contributed by atoms with E-state index in [9.17, 15) is 19.8 Å². The van der Waals surface area contributed by atoms with Gasteiger partial charge in [-0.05, 0) is 12.0 Å². The zero-order chi connectivity index (χ0) is 18.7. The normalized spacial score (nSPS) is 23.9. The maximum absolute atomic E-state index is 12.1. The third-order valence-corrected chi connectivity index (χ3v) is 4.51. The Labute approximate surface area is 149 Å². The second kappa shape index (κ2) is 7.96. The standard InChI is InChI=1S/C18H22N2O6/c21-10-15-14(23)8-16(26-15)20-9-12(17(24)19-18(20)25)7-13(22)6-11-4-2-1-3-5-11/h1-5,9,13-16,21-23H,6-8,10H2,(H,19,24,25)/t13?,14-,15+,16+/m0/s1. The number of aromatic amines is 1. The van der Waals surface area contributed by atoms with Crippen LogP contribution in [0.1, 0.15) is 23.8 Å². The van der Waals surface area contributed by atoms with Crippen LogP contribution >= 0.6 is 0 Å². The first-order valence-corrected chi connectivity index (χ1v) is 8.48. The van der Waals surface area contributed by atoms with Gasteiger partial charge in [-0.15, -0.1) is 0 Å². The van der Waals surface area contributed by atoms with Crippen molar-refractivity contribution in [1.29, 1.82) is 0 Å². The Morgan fingerprint density at radius 3 is 2.62 bits per heavy atom. The molecule has 0 radical (unpaired) electrons. The van der Waals surface area contributed by atoms with Crippen LogP contribution in [0.25, 0.3) is 0 Å².